The highest BCUT2D eigenvalue weighted by Gasteiger charge is 2.11. The number of methoxy groups -OCH3 is 2. The van der Waals surface area contributed by atoms with Gasteiger partial charge in [-0.05, 0) is 36.4 Å². The normalized spacial score (nSPS) is 10.3. The Morgan fingerprint density at radius 2 is 1.74 bits per heavy atom. The average molecular weight is 308 g/mol. The van der Waals surface area contributed by atoms with Gasteiger partial charge in [-0.2, -0.15) is 0 Å². The van der Waals surface area contributed by atoms with Gasteiger partial charge in [0.15, 0.2) is 0 Å². The van der Waals surface area contributed by atoms with E-state index in [9.17, 15) is 4.79 Å². The molecule has 1 aromatic heterocycles. The maximum absolute atomic E-state index is 12.4. The summed E-state index contributed by atoms with van der Waals surface area (Å²) < 4.78 is 10.4. The molecule has 1 amide bonds. The molecule has 5 heteroatoms. The van der Waals surface area contributed by atoms with Gasteiger partial charge in [0.1, 0.15) is 22.7 Å². The Labute approximate surface area is 133 Å². The topological polar surface area (TPSA) is 60.5 Å². The lowest BCUT2D eigenvalue weighted by Crippen LogP contribution is -2.13. The third kappa shape index (κ3) is 3.08. The van der Waals surface area contributed by atoms with E-state index >= 15 is 0 Å². The first-order chi connectivity index (χ1) is 11.2. The fourth-order valence-electron chi connectivity index (χ4n) is 2.28. The minimum absolute atomic E-state index is 0.275. The Hall–Kier alpha value is -3.08. The average Bonchev–Trinajstić information content (AvgIpc) is 2.61. The van der Waals surface area contributed by atoms with Crippen LogP contribution in [0.4, 0.5) is 5.69 Å². The predicted molar refractivity (Wildman–Crippen MR) is 89.2 cm³/mol. The highest BCUT2D eigenvalue weighted by Crippen LogP contribution is 2.24. The van der Waals surface area contributed by atoms with Gasteiger partial charge >= 0.3 is 0 Å². The van der Waals surface area contributed by atoms with Crippen LogP contribution in [0, 0.1) is 0 Å². The van der Waals surface area contributed by atoms with Crippen LogP contribution in [0.25, 0.3) is 10.9 Å². The van der Waals surface area contributed by atoms with Crippen molar-refractivity contribution in [2.24, 2.45) is 0 Å². The summed E-state index contributed by atoms with van der Waals surface area (Å²) in [5, 5.41) is 3.74. The molecule has 3 rings (SSSR count). The minimum atomic E-state index is -0.275. The van der Waals surface area contributed by atoms with E-state index in [0.29, 0.717) is 22.6 Å². The Balaban J connectivity index is 1.88. The fourth-order valence-corrected chi connectivity index (χ4v) is 2.28. The number of amides is 1. The van der Waals surface area contributed by atoms with Crippen LogP contribution in [0.5, 0.6) is 11.5 Å². The van der Waals surface area contributed by atoms with Crippen LogP contribution in [-0.2, 0) is 0 Å². The van der Waals surface area contributed by atoms with E-state index < -0.39 is 0 Å². The van der Waals surface area contributed by atoms with E-state index in [1.807, 2.05) is 24.3 Å². The van der Waals surface area contributed by atoms with Gasteiger partial charge in [-0.1, -0.05) is 18.2 Å². The maximum atomic E-state index is 12.4. The molecule has 0 spiro atoms. The summed E-state index contributed by atoms with van der Waals surface area (Å²) in [5.41, 5.74) is 1.67. The molecule has 3 aromatic rings. The Kier molecular flexibility index (Phi) is 4.10. The number of ether oxygens (including phenoxy) is 2. The number of carbonyl (C=O) groups excluding carboxylic acids is 1. The molecule has 0 aliphatic carbocycles. The zero-order valence-corrected chi connectivity index (χ0v) is 12.9. The Bertz CT molecular complexity index is 845. The van der Waals surface area contributed by atoms with Crippen molar-refractivity contribution >= 4 is 22.5 Å². The van der Waals surface area contributed by atoms with Gasteiger partial charge in [-0.25, -0.2) is 4.98 Å². The highest BCUT2D eigenvalue weighted by molar-refractivity contribution is 6.04. The van der Waals surface area contributed by atoms with Crippen LogP contribution in [0.1, 0.15) is 10.5 Å². The van der Waals surface area contributed by atoms with Crippen molar-refractivity contribution in [1.82, 2.24) is 4.98 Å². The molecule has 0 bridgehead atoms. The second kappa shape index (κ2) is 6.36. The van der Waals surface area contributed by atoms with Crippen LogP contribution in [0.15, 0.2) is 54.6 Å². The number of aromatic nitrogens is 1. The number of nitrogens with zero attached hydrogens (tertiary/aromatic N) is 1. The molecule has 0 atom stereocenters. The predicted octanol–water partition coefficient (Wildman–Crippen LogP) is 3.50. The van der Waals surface area contributed by atoms with Crippen LogP contribution < -0.4 is 14.8 Å². The summed E-state index contributed by atoms with van der Waals surface area (Å²) in [6.45, 7) is 0. The number of rotatable bonds is 4. The lowest BCUT2D eigenvalue weighted by Gasteiger charge is -2.08. The molecular formula is C18H16N2O3. The lowest BCUT2D eigenvalue weighted by molar-refractivity contribution is 0.102. The smallest absolute Gasteiger partial charge is 0.274 e. The van der Waals surface area contributed by atoms with Crippen molar-refractivity contribution < 1.29 is 14.3 Å². The van der Waals surface area contributed by atoms with Crippen LogP contribution in [0.2, 0.25) is 0 Å². The molecule has 0 radical (unpaired) electrons. The van der Waals surface area contributed by atoms with Gasteiger partial charge < -0.3 is 14.8 Å². The molecule has 0 saturated heterocycles. The summed E-state index contributed by atoms with van der Waals surface area (Å²) >= 11 is 0. The summed E-state index contributed by atoms with van der Waals surface area (Å²) in [5.74, 6) is 1.10. The van der Waals surface area contributed by atoms with E-state index in [1.54, 1.807) is 44.6 Å². The first-order valence-corrected chi connectivity index (χ1v) is 7.10. The summed E-state index contributed by atoms with van der Waals surface area (Å²) in [7, 11) is 3.18. The molecule has 23 heavy (non-hydrogen) atoms. The zero-order valence-electron chi connectivity index (χ0n) is 12.9. The van der Waals surface area contributed by atoms with E-state index in [-0.39, 0.29) is 5.91 Å². The number of pyridine rings is 1. The lowest BCUT2D eigenvalue weighted by atomic mass is 10.2. The number of anilines is 1. The van der Waals surface area contributed by atoms with Crippen molar-refractivity contribution in [3.8, 4) is 11.5 Å². The highest BCUT2D eigenvalue weighted by atomic mass is 16.5. The van der Waals surface area contributed by atoms with Crippen molar-refractivity contribution in [2.45, 2.75) is 0 Å². The summed E-state index contributed by atoms with van der Waals surface area (Å²) in [6, 6.07) is 16.3. The fraction of sp³-hybridized carbons (Fsp3) is 0.111. The largest absolute Gasteiger partial charge is 0.497 e. The molecule has 1 heterocycles. The van der Waals surface area contributed by atoms with Gasteiger partial charge in [0.25, 0.3) is 5.91 Å². The molecule has 0 fully saturated rings. The number of fused-ring (bicyclic) bond motifs is 1. The summed E-state index contributed by atoms with van der Waals surface area (Å²) in [4.78, 5) is 16.8. The molecule has 116 valence electrons. The number of para-hydroxylation sites is 1. The quantitative estimate of drug-likeness (QED) is 0.801. The van der Waals surface area contributed by atoms with E-state index in [4.69, 9.17) is 9.47 Å². The maximum Gasteiger partial charge on any atom is 0.274 e. The molecule has 0 aliphatic heterocycles. The van der Waals surface area contributed by atoms with Crippen LogP contribution >= 0.6 is 0 Å². The number of nitrogens with one attached hydrogen (secondary N) is 1. The summed E-state index contributed by atoms with van der Waals surface area (Å²) in [6.07, 6.45) is 0. The van der Waals surface area contributed by atoms with Gasteiger partial charge in [-0.15, -0.1) is 0 Å². The van der Waals surface area contributed by atoms with Crippen molar-refractivity contribution in [1.29, 1.82) is 0 Å². The number of carbonyl (C=O) groups is 1. The zero-order chi connectivity index (χ0) is 16.2. The molecule has 0 aliphatic rings. The first kappa shape index (κ1) is 14.8. The standard InChI is InChI=1S/C18H16N2O3/c1-22-14-9-7-13(8-10-14)19-18(21)15-11-6-12-4-3-5-16(23-2)17(12)20-15/h3-11H,1-2H3,(H,19,21). The van der Waals surface area contributed by atoms with Crippen LogP contribution in [-0.4, -0.2) is 25.1 Å². The number of benzene rings is 2. The van der Waals surface area contributed by atoms with Gasteiger partial charge in [-0.3, -0.25) is 4.79 Å². The molecular weight excluding hydrogens is 292 g/mol. The van der Waals surface area contributed by atoms with Crippen LogP contribution in [0.3, 0.4) is 0 Å². The molecule has 1 N–H and O–H groups in total. The number of hydrogen-bond acceptors (Lipinski definition) is 4. The second-order valence-electron chi connectivity index (χ2n) is 4.91. The third-order valence-electron chi connectivity index (χ3n) is 3.48. The van der Waals surface area contributed by atoms with Crippen molar-refractivity contribution in [3.63, 3.8) is 0 Å². The molecule has 5 nitrogen and oxygen atoms in total. The molecule has 2 aromatic carbocycles. The molecule has 0 unspecified atom stereocenters. The van der Waals surface area contributed by atoms with E-state index in [2.05, 4.69) is 10.3 Å². The van der Waals surface area contributed by atoms with Crippen molar-refractivity contribution in [3.05, 3.63) is 60.3 Å². The molecule has 0 saturated carbocycles. The monoisotopic (exact) mass is 308 g/mol. The second-order valence-corrected chi connectivity index (χ2v) is 4.91. The minimum Gasteiger partial charge on any atom is -0.497 e. The third-order valence-corrected chi connectivity index (χ3v) is 3.48. The SMILES string of the molecule is COc1ccc(NC(=O)c2ccc3cccc(OC)c3n2)cc1. The van der Waals surface area contributed by atoms with Crippen molar-refractivity contribution in [2.75, 3.05) is 19.5 Å². The van der Waals surface area contributed by atoms with Gasteiger partial charge in [0.05, 0.1) is 14.2 Å². The first-order valence-electron chi connectivity index (χ1n) is 7.10. The van der Waals surface area contributed by atoms with Gasteiger partial charge in [0.2, 0.25) is 0 Å². The Morgan fingerprint density at radius 3 is 2.43 bits per heavy atom. The van der Waals surface area contributed by atoms with E-state index in [0.717, 1.165) is 11.1 Å². The number of hydrogen-bond donors (Lipinski definition) is 1. The Morgan fingerprint density at radius 1 is 0.957 bits per heavy atom. The van der Waals surface area contributed by atoms with E-state index in [1.165, 1.54) is 0 Å². The van der Waals surface area contributed by atoms with Gasteiger partial charge in [0, 0.05) is 11.1 Å².